The monoisotopic (exact) mass is 249 g/mol. The lowest BCUT2D eigenvalue weighted by Crippen LogP contribution is -2.39. The molecule has 0 aliphatic heterocycles. The Balaban J connectivity index is 2.70. The summed E-state index contributed by atoms with van der Waals surface area (Å²) in [6.45, 7) is 6.17. The van der Waals surface area contributed by atoms with Crippen LogP contribution in [0.25, 0.3) is 0 Å². The molecule has 1 aromatic rings. The minimum atomic E-state index is -0.162. The fourth-order valence-corrected chi connectivity index (χ4v) is 1.50. The Labute approximate surface area is 109 Å². The van der Waals surface area contributed by atoms with Crippen LogP contribution in [0.2, 0.25) is 0 Å². The molecule has 0 heterocycles. The van der Waals surface area contributed by atoms with E-state index in [2.05, 4.69) is 24.5 Å². The molecule has 1 atom stereocenters. The molecule has 0 saturated heterocycles. The van der Waals surface area contributed by atoms with Gasteiger partial charge in [0, 0.05) is 20.1 Å². The van der Waals surface area contributed by atoms with Gasteiger partial charge in [0.25, 0.3) is 0 Å². The molecule has 1 aromatic carbocycles. The van der Waals surface area contributed by atoms with Gasteiger partial charge in [-0.25, -0.2) is 4.79 Å². The van der Waals surface area contributed by atoms with Gasteiger partial charge in [0.2, 0.25) is 0 Å². The van der Waals surface area contributed by atoms with Gasteiger partial charge in [0.1, 0.15) is 0 Å². The molecule has 18 heavy (non-hydrogen) atoms. The number of carbonyl (C=O) groups excluding carboxylic acids is 1. The average Bonchev–Trinajstić information content (AvgIpc) is 2.28. The van der Waals surface area contributed by atoms with Crippen LogP contribution < -0.4 is 15.5 Å². The minimum absolute atomic E-state index is 0.150. The lowest BCUT2D eigenvalue weighted by molar-refractivity contribution is 0.246. The standard InChI is InChI=1S/C14H23N3O/c1-10(2)11(3)15-14(18)16-12-8-6-7-9-13(12)17(4)5/h6-11H,1-5H3,(H2,15,16,18). The van der Waals surface area contributed by atoms with Gasteiger partial charge in [-0.2, -0.15) is 0 Å². The third-order valence-corrected chi connectivity index (χ3v) is 2.99. The number of anilines is 2. The lowest BCUT2D eigenvalue weighted by Gasteiger charge is -2.20. The Kier molecular flexibility index (Phi) is 5.01. The van der Waals surface area contributed by atoms with E-state index in [-0.39, 0.29) is 12.1 Å². The van der Waals surface area contributed by atoms with Crippen molar-refractivity contribution in [1.82, 2.24) is 5.32 Å². The number of nitrogens with zero attached hydrogens (tertiary/aromatic N) is 1. The van der Waals surface area contributed by atoms with Gasteiger partial charge >= 0.3 is 6.03 Å². The SMILES string of the molecule is CC(C)C(C)NC(=O)Nc1ccccc1N(C)C. The van der Waals surface area contributed by atoms with E-state index in [9.17, 15) is 4.79 Å². The molecule has 0 fully saturated rings. The molecule has 0 aliphatic carbocycles. The topological polar surface area (TPSA) is 44.4 Å². The van der Waals surface area contributed by atoms with E-state index in [1.54, 1.807) is 0 Å². The number of urea groups is 1. The van der Waals surface area contributed by atoms with Gasteiger partial charge in [0.05, 0.1) is 11.4 Å². The average molecular weight is 249 g/mol. The maximum Gasteiger partial charge on any atom is 0.319 e. The van der Waals surface area contributed by atoms with Crippen LogP contribution in [0.3, 0.4) is 0 Å². The Hall–Kier alpha value is -1.71. The Morgan fingerprint density at radius 3 is 2.33 bits per heavy atom. The Morgan fingerprint density at radius 1 is 1.17 bits per heavy atom. The van der Waals surface area contributed by atoms with Crippen molar-refractivity contribution in [2.24, 2.45) is 5.92 Å². The molecule has 4 heteroatoms. The van der Waals surface area contributed by atoms with Gasteiger partial charge in [-0.1, -0.05) is 26.0 Å². The van der Waals surface area contributed by atoms with Crippen molar-refractivity contribution < 1.29 is 4.79 Å². The summed E-state index contributed by atoms with van der Waals surface area (Å²) in [6, 6.07) is 7.72. The molecule has 0 aliphatic rings. The van der Waals surface area contributed by atoms with Crippen LogP contribution in [0.1, 0.15) is 20.8 Å². The van der Waals surface area contributed by atoms with Crippen LogP contribution in [-0.2, 0) is 0 Å². The third-order valence-electron chi connectivity index (χ3n) is 2.99. The van der Waals surface area contributed by atoms with Crippen molar-refractivity contribution in [2.45, 2.75) is 26.8 Å². The second kappa shape index (κ2) is 6.28. The first-order chi connectivity index (χ1) is 8.41. The van der Waals surface area contributed by atoms with E-state index < -0.39 is 0 Å². The molecule has 0 saturated carbocycles. The highest BCUT2D eigenvalue weighted by atomic mass is 16.2. The highest BCUT2D eigenvalue weighted by Crippen LogP contribution is 2.23. The maximum absolute atomic E-state index is 11.9. The molecule has 100 valence electrons. The van der Waals surface area contributed by atoms with E-state index in [0.29, 0.717) is 5.92 Å². The summed E-state index contributed by atoms with van der Waals surface area (Å²) >= 11 is 0. The predicted octanol–water partition coefficient (Wildman–Crippen LogP) is 2.92. The molecule has 0 spiro atoms. The van der Waals surface area contributed by atoms with E-state index in [0.717, 1.165) is 11.4 Å². The first kappa shape index (κ1) is 14.4. The predicted molar refractivity (Wildman–Crippen MR) is 77.2 cm³/mol. The quantitative estimate of drug-likeness (QED) is 0.861. The molecule has 1 rings (SSSR count). The van der Waals surface area contributed by atoms with Crippen molar-refractivity contribution in [3.63, 3.8) is 0 Å². The summed E-state index contributed by atoms with van der Waals surface area (Å²) in [4.78, 5) is 13.8. The van der Waals surface area contributed by atoms with Crippen LogP contribution in [0.4, 0.5) is 16.2 Å². The summed E-state index contributed by atoms with van der Waals surface area (Å²) in [5.74, 6) is 0.417. The third kappa shape index (κ3) is 3.95. The fourth-order valence-electron chi connectivity index (χ4n) is 1.50. The lowest BCUT2D eigenvalue weighted by atomic mass is 10.1. The van der Waals surface area contributed by atoms with E-state index in [4.69, 9.17) is 0 Å². The number of hydrogen-bond donors (Lipinski definition) is 2. The molecule has 0 aromatic heterocycles. The first-order valence-corrected chi connectivity index (χ1v) is 6.25. The number of hydrogen-bond acceptors (Lipinski definition) is 2. The summed E-state index contributed by atoms with van der Waals surface area (Å²) in [6.07, 6.45) is 0. The van der Waals surface area contributed by atoms with Gasteiger partial charge < -0.3 is 15.5 Å². The van der Waals surface area contributed by atoms with E-state index >= 15 is 0 Å². The van der Waals surface area contributed by atoms with Crippen molar-refractivity contribution in [3.8, 4) is 0 Å². The molecular weight excluding hydrogens is 226 g/mol. The van der Waals surface area contributed by atoms with Crippen molar-refractivity contribution in [3.05, 3.63) is 24.3 Å². The van der Waals surface area contributed by atoms with Crippen molar-refractivity contribution >= 4 is 17.4 Å². The number of carbonyl (C=O) groups is 1. The first-order valence-electron chi connectivity index (χ1n) is 6.25. The number of benzene rings is 1. The van der Waals surface area contributed by atoms with Crippen molar-refractivity contribution in [2.75, 3.05) is 24.3 Å². The smallest absolute Gasteiger partial charge is 0.319 e. The molecule has 2 amide bonds. The van der Waals surface area contributed by atoms with Gasteiger partial charge in [-0.15, -0.1) is 0 Å². The van der Waals surface area contributed by atoms with E-state index in [1.165, 1.54) is 0 Å². The normalized spacial score (nSPS) is 12.1. The Morgan fingerprint density at radius 2 is 1.78 bits per heavy atom. The summed E-state index contributed by atoms with van der Waals surface area (Å²) < 4.78 is 0. The maximum atomic E-state index is 11.9. The van der Waals surface area contributed by atoms with Gasteiger partial charge in [-0.3, -0.25) is 0 Å². The zero-order chi connectivity index (χ0) is 13.7. The van der Waals surface area contributed by atoms with Gasteiger partial charge in [-0.05, 0) is 25.0 Å². The zero-order valence-electron chi connectivity index (χ0n) is 11.8. The molecule has 0 bridgehead atoms. The number of nitrogens with one attached hydrogen (secondary N) is 2. The van der Waals surface area contributed by atoms with Crippen LogP contribution in [0.15, 0.2) is 24.3 Å². The second-order valence-electron chi connectivity index (χ2n) is 5.04. The Bertz CT molecular complexity index is 402. The van der Waals surface area contributed by atoms with Gasteiger partial charge in [0.15, 0.2) is 0 Å². The molecule has 2 N–H and O–H groups in total. The number of para-hydroxylation sites is 2. The minimum Gasteiger partial charge on any atom is -0.376 e. The second-order valence-corrected chi connectivity index (χ2v) is 5.04. The summed E-state index contributed by atoms with van der Waals surface area (Å²) in [5, 5.41) is 5.81. The fraction of sp³-hybridized carbons (Fsp3) is 0.500. The zero-order valence-corrected chi connectivity index (χ0v) is 11.8. The van der Waals surface area contributed by atoms with Crippen LogP contribution >= 0.6 is 0 Å². The summed E-state index contributed by atoms with van der Waals surface area (Å²) in [5.41, 5.74) is 1.81. The number of amides is 2. The highest BCUT2D eigenvalue weighted by Gasteiger charge is 2.12. The molecule has 0 radical (unpaired) electrons. The highest BCUT2D eigenvalue weighted by molar-refractivity contribution is 5.93. The van der Waals surface area contributed by atoms with E-state index in [1.807, 2.05) is 50.2 Å². The molecule has 1 unspecified atom stereocenters. The molecule has 4 nitrogen and oxygen atoms in total. The largest absolute Gasteiger partial charge is 0.376 e. The number of rotatable bonds is 4. The van der Waals surface area contributed by atoms with Crippen LogP contribution in [-0.4, -0.2) is 26.2 Å². The molecular formula is C14H23N3O. The summed E-state index contributed by atoms with van der Waals surface area (Å²) in [7, 11) is 3.91. The van der Waals surface area contributed by atoms with Crippen LogP contribution in [0.5, 0.6) is 0 Å². The van der Waals surface area contributed by atoms with Crippen LogP contribution in [0, 0.1) is 5.92 Å². The van der Waals surface area contributed by atoms with Crippen molar-refractivity contribution in [1.29, 1.82) is 0 Å².